The van der Waals surface area contributed by atoms with Crippen molar-refractivity contribution in [3.63, 3.8) is 0 Å². The number of likely N-dealkylation sites (tertiary alicyclic amines) is 1. The van der Waals surface area contributed by atoms with E-state index < -0.39 is 0 Å². The first-order valence-corrected chi connectivity index (χ1v) is 9.66. The number of carbonyl (C=O) groups excluding carboxylic acids is 1. The number of aryl methyl sites for hydroxylation is 1. The molecular formula is C23H26N4O. The molecule has 28 heavy (non-hydrogen) atoms. The topological polar surface area (TPSA) is 52.2 Å². The van der Waals surface area contributed by atoms with Crippen molar-refractivity contribution in [3.05, 3.63) is 77.5 Å². The maximum atomic E-state index is 13.1. The second-order valence-electron chi connectivity index (χ2n) is 7.79. The summed E-state index contributed by atoms with van der Waals surface area (Å²) >= 11 is 0. The van der Waals surface area contributed by atoms with Gasteiger partial charge in [-0.3, -0.25) is 9.89 Å². The van der Waals surface area contributed by atoms with E-state index in [1.165, 1.54) is 11.1 Å². The van der Waals surface area contributed by atoms with Gasteiger partial charge >= 0.3 is 0 Å². The minimum atomic E-state index is 0.0103. The van der Waals surface area contributed by atoms with Crippen LogP contribution in [0.3, 0.4) is 0 Å². The molecule has 0 radical (unpaired) electrons. The highest BCUT2D eigenvalue weighted by atomic mass is 16.2. The lowest BCUT2D eigenvalue weighted by atomic mass is 9.93. The number of H-pyrrole nitrogens is 1. The van der Waals surface area contributed by atoms with Crippen molar-refractivity contribution in [1.29, 1.82) is 0 Å². The summed E-state index contributed by atoms with van der Waals surface area (Å²) < 4.78 is 0. The molecule has 0 saturated carbocycles. The zero-order valence-corrected chi connectivity index (χ0v) is 16.6. The minimum Gasteiger partial charge on any atom is -0.335 e. The van der Waals surface area contributed by atoms with Crippen molar-refractivity contribution in [3.8, 4) is 11.3 Å². The number of hydrogen-bond donors (Lipinski definition) is 1. The number of hydrogen-bond acceptors (Lipinski definition) is 3. The van der Waals surface area contributed by atoms with Crippen LogP contribution in [0.1, 0.15) is 27.5 Å². The lowest BCUT2D eigenvalue weighted by Gasteiger charge is -2.25. The summed E-state index contributed by atoms with van der Waals surface area (Å²) in [6.07, 6.45) is 0. The smallest absolute Gasteiger partial charge is 0.271 e. The summed E-state index contributed by atoms with van der Waals surface area (Å²) in [5.74, 6) is 0.312. The molecule has 0 aliphatic carbocycles. The third kappa shape index (κ3) is 3.58. The highest BCUT2D eigenvalue weighted by Gasteiger charge is 2.38. The van der Waals surface area contributed by atoms with Gasteiger partial charge in [0.05, 0.1) is 5.69 Å². The zero-order chi connectivity index (χ0) is 19.7. The van der Waals surface area contributed by atoms with Crippen LogP contribution in [0.25, 0.3) is 11.3 Å². The minimum absolute atomic E-state index is 0.0103. The van der Waals surface area contributed by atoms with E-state index in [-0.39, 0.29) is 5.91 Å². The Kier molecular flexibility index (Phi) is 5.01. The number of aromatic amines is 1. The molecule has 1 fully saturated rings. The van der Waals surface area contributed by atoms with Crippen LogP contribution in [0.5, 0.6) is 0 Å². The van der Waals surface area contributed by atoms with Gasteiger partial charge in [0.15, 0.2) is 0 Å². The summed E-state index contributed by atoms with van der Waals surface area (Å²) in [6, 6.07) is 20.7. The van der Waals surface area contributed by atoms with Crippen LogP contribution in [0, 0.1) is 6.92 Å². The summed E-state index contributed by atoms with van der Waals surface area (Å²) in [7, 11) is 4.17. The Morgan fingerprint density at radius 1 is 1.07 bits per heavy atom. The fourth-order valence-corrected chi connectivity index (χ4v) is 3.98. The van der Waals surface area contributed by atoms with Gasteiger partial charge in [-0.15, -0.1) is 0 Å². The Morgan fingerprint density at radius 2 is 1.79 bits per heavy atom. The predicted octanol–water partition coefficient (Wildman–Crippen LogP) is 3.55. The first-order chi connectivity index (χ1) is 13.5. The molecule has 1 aliphatic rings. The van der Waals surface area contributed by atoms with Gasteiger partial charge in [-0.25, -0.2) is 0 Å². The van der Waals surface area contributed by atoms with Crippen LogP contribution in [-0.2, 0) is 0 Å². The van der Waals surface area contributed by atoms with Crippen molar-refractivity contribution in [1.82, 2.24) is 20.0 Å². The van der Waals surface area contributed by atoms with Crippen LogP contribution in [0.4, 0.5) is 0 Å². The second-order valence-corrected chi connectivity index (χ2v) is 7.79. The summed E-state index contributed by atoms with van der Waals surface area (Å²) in [5, 5.41) is 7.27. The van der Waals surface area contributed by atoms with Crippen LogP contribution >= 0.6 is 0 Å². The Bertz CT molecular complexity index is 946. The van der Waals surface area contributed by atoms with E-state index in [9.17, 15) is 4.79 Å². The SMILES string of the molecule is Cc1ccc(C2CN(C(=O)c3cc(-c4ccccc4)n[nH]3)CC2N(C)C)cc1. The Labute approximate surface area is 166 Å². The van der Waals surface area contributed by atoms with E-state index in [2.05, 4.69) is 60.4 Å². The van der Waals surface area contributed by atoms with E-state index in [1.54, 1.807) is 0 Å². The molecule has 5 heteroatoms. The number of amides is 1. The molecule has 5 nitrogen and oxygen atoms in total. The maximum Gasteiger partial charge on any atom is 0.271 e. The Morgan fingerprint density at radius 3 is 2.46 bits per heavy atom. The van der Waals surface area contributed by atoms with Gasteiger partial charge in [0.2, 0.25) is 0 Å². The average Bonchev–Trinajstić information content (AvgIpc) is 3.37. The summed E-state index contributed by atoms with van der Waals surface area (Å²) in [6.45, 7) is 3.52. The van der Waals surface area contributed by atoms with E-state index in [4.69, 9.17) is 0 Å². The highest BCUT2D eigenvalue weighted by molar-refractivity contribution is 5.93. The van der Waals surface area contributed by atoms with Crippen LogP contribution in [0.15, 0.2) is 60.7 Å². The average molecular weight is 374 g/mol. The second kappa shape index (κ2) is 7.60. The Balaban J connectivity index is 1.55. The molecule has 1 aromatic heterocycles. The fraction of sp³-hybridized carbons (Fsp3) is 0.304. The molecule has 2 heterocycles. The highest BCUT2D eigenvalue weighted by Crippen LogP contribution is 2.31. The largest absolute Gasteiger partial charge is 0.335 e. The molecule has 2 atom stereocenters. The number of nitrogens with one attached hydrogen (secondary N) is 1. The molecular weight excluding hydrogens is 348 g/mol. The molecule has 1 N–H and O–H groups in total. The third-order valence-corrected chi connectivity index (χ3v) is 5.62. The monoisotopic (exact) mass is 374 g/mol. The quantitative estimate of drug-likeness (QED) is 0.760. The molecule has 144 valence electrons. The molecule has 1 amide bonds. The number of nitrogens with zero attached hydrogens (tertiary/aromatic N) is 3. The number of aromatic nitrogens is 2. The van der Waals surface area contributed by atoms with Crippen molar-refractivity contribution >= 4 is 5.91 Å². The lowest BCUT2D eigenvalue weighted by Crippen LogP contribution is -2.36. The van der Waals surface area contributed by atoms with Gasteiger partial charge in [-0.2, -0.15) is 5.10 Å². The van der Waals surface area contributed by atoms with Gasteiger partial charge < -0.3 is 9.80 Å². The summed E-state index contributed by atoms with van der Waals surface area (Å²) in [4.78, 5) is 17.3. The maximum absolute atomic E-state index is 13.1. The van der Waals surface area contributed by atoms with Crippen molar-refractivity contribution in [2.24, 2.45) is 0 Å². The van der Waals surface area contributed by atoms with Crippen molar-refractivity contribution in [2.45, 2.75) is 18.9 Å². The molecule has 4 rings (SSSR count). The lowest BCUT2D eigenvalue weighted by molar-refractivity contribution is 0.0776. The number of rotatable bonds is 4. The van der Waals surface area contributed by atoms with Gasteiger partial charge in [0.1, 0.15) is 5.69 Å². The van der Waals surface area contributed by atoms with Crippen molar-refractivity contribution in [2.75, 3.05) is 27.2 Å². The predicted molar refractivity (Wildman–Crippen MR) is 111 cm³/mol. The fourth-order valence-electron chi connectivity index (χ4n) is 3.98. The van der Waals surface area contributed by atoms with Gasteiger partial charge in [-0.1, -0.05) is 60.2 Å². The normalized spacial score (nSPS) is 19.4. The first-order valence-electron chi connectivity index (χ1n) is 9.66. The number of likely N-dealkylation sites (N-methyl/N-ethyl adjacent to an activating group) is 1. The third-order valence-electron chi connectivity index (χ3n) is 5.62. The standard InChI is InChI=1S/C23H26N4O/c1-16-9-11-17(12-10-16)19-14-27(15-22(19)26(2)3)23(28)21-13-20(24-25-21)18-7-5-4-6-8-18/h4-13,19,22H,14-15H2,1-3H3,(H,24,25). The van der Waals surface area contributed by atoms with Crippen LogP contribution < -0.4 is 0 Å². The molecule has 3 aromatic rings. The van der Waals surface area contributed by atoms with Gasteiger partial charge in [0.25, 0.3) is 5.91 Å². The first kappa shape index (κ1) is 18.4. The number of carbonyl (C=O) groups is 1. The van der Waals surface area contributed by atoms with Crippen LogP contribution in [-0.4, -0.2) is 59.1 Å². The molecule has 2 unspecified atom stereocenters. The Hall–Kier alpha value is -2.92. The van der Waals surface area contributed by atoms with Gasteiger partial charge in [-0.05, 0) is 32.6 Å². The zero-order valence-electron chi connectivity index (χ0n) is 16.6. The van der Waals surface area contributed by atoms with E-state index in [1.807, 2.05) is 41.3 Å². The van der Waals surface area contributed by atoms with Crippen molar-refractivity contribution < 1.29 is 4.79 Å². The van der Waals surface area contributed by atoms with Crippen LogP contribution in [0.2, 0.25) is 0 Å². The number of benzene rings is 2. The van der Waals surface area contributed by atoms with Gasteiger partial charge in [0, 0.05) is 30.6 Å². The summed E-state index contributed by atoms with van der Waals surface area (Å²) in [5.41, 5.74) is 4.88. The molecule has 0 bridgehead atoms. The van der Waals surface area contributed by atoms with E-state index in [0.29, 0.717) is 30.7 Å². The van der Waals surface area contributed by atoms with E-state index >= 15 is 0 Å². The van der Waals surface area contributed by atoms with E-state index in [0.717, 1.165) is 11.3 Å². The molecule has 2 aromatic carbocycles. The molecule has 0 spiro atoms. The molecule has 1 saturated heterocycles. The molecule has 1 aliphatic heterocycles.